The fourth-order valence-corrected chi connectivity index (χ4v) is 2.05. The Hall–Kier alpha value is -2.09. The van der Waals surface area contributed by atoms with Gasteiger partial charge in [0.05, 0.1) is 0 Å². The molecule has 2 heteroatoms. The number of hydrogen-bond donors (Lipinski definition) is 0. The average molecular weight is 282 g/mol. The first-order valence-electron chi connectivity index (χ1n) is 7.43. The van der Waals surface area contributed by atoms with Crippen LogP contribution in [0.2, 0.25) is 0 Å². The Bertz CT molecular complexity index is 556. The second kappa shape index (κ2) is 7.63. The molecule has 0 unspecified atom stereocenters. The Morgan fingerprint density at radius 1 is 0.952 bits per heavy atom. The quantitative estimate of drug-likeness (QED) is 0.751. The van der Waals surface area contributed by atoms with Crippen LogP contribution in [0.1, 0.15) is 31.4 Å². The monoisotopic (exact) mass is 282 g/mol. The molecule has 0 bridgehead atoms. The number of hydrogen-bond acceptors (Lipinski definition) is 2. The van der Waals surface area contributed by atoms with E-state index in [1.807, 2.05) is 68.4 Å². The fourth-order valence-electron chi connectivity index (χ4n) is 2.05. The van der Waals surface area contributed by atoms with Crippen molar-refractivity contribution in [2.45, 2.75) is 33.3 Å². The van der Waals surface area contributed by atoms with Crippen molar-refractivity contribution in [3.63, 3.8) is 0 Å². The van der Waals surface area contributed by atoms with Crippen LogP contribution in [0.4, 0.5) is 0 Å². The van der Waals surface area contributed by atoms with Crippen LogP contribution in [0.5, 0.6) is 5.75 Å². The highest BCUT2D eigenvalue weighted by Gasteiger charge is 2.07. The third-order valence-corrected chi connectivity index (χ3v) is 3.48. The molecule has 0 aromatic heterocycles. The van der Waals surface area contributed by atoms with Gasteiger partial charge in [0.15, 0.2) is 0 Å². The number of ketones is 1. The topological polar surface area (TPSA) is 26.3 Å². The maximum atomic E-state index is 11.6. The predicted molar refractivity (Wildman–Crippen MR) is 85.4 cm³/mol. The SMILES string of the molecule is CC(C)C(=O)CCc1ccc(OCc2ccccc2)cc1. The van der Waals surface area contributed by atoms with E-state index in [0.29, 0.717) is 18.8 Å². The van der Waals surface area contributed by atoms with E-state index in [9.17, 15) is 4.79 Å². The smallest absolute Gasteiger partial charge is 0.135 e. The van der Waals surface area contributed by atoms with Gasteiger partial charge < -0.3 is 4.74 Å². The van der Waals surface area contributed by atoms with Gasteiger partial charge in [0, 0.05) is 12.3 Å². The van der Waals surface area contributed by atoms with Crippen LogP contribution in [-0.2, 0) is 17.8 Å². The van der Waals surface area contributed by atoms with Crippen LogP contribution < -0.4 is 4.74 Å². The van der Waals surface area contributed by atoms with Gasteiger partial charge in [0.25, 0.3) is 0 Å². The summed E-state index contributed by atoms with van der Waals surface area (Å²) < 4.78 is 5.74. The van der Waals surface area contributed by atoms with Crippen molar-refractivity contribution in [1.29, 1.82) is 0 Å². The van der Waals surface area contributed by atoms with Crippen molar-refractivity contribution in [3.8, 4) is 5.75 Å². The maximum Gasteiger partial charge on any atom is 0.135 e. The van der Waals surface area contributed by atoms with Gasteiger partial charge >= 0.3 is 0 Å². The molecule has 0 heterocycles. The zero-order valence-electron chi connectivity index (χ0n) is 12.7. The Balaban J connectivity index is 1.83. The molecule has 2 aromatic rings. The van der Waals surface area contributed by atoms with Gasteiger partial charge in [0.2, 0.25) is 0 Å². The van der Waals surface area contributed by atoms with Crippen molar-refractivity contribution in [2.24, 2.45) is 5.92 Å². The van der Waals surface area contributed by atoms with E-state index in [2.05, 4.69) is 0 Å². The molecule has 0 atom stereocenters. The summed E-state index contributed by atoms with van der Waals surface area (Å²) in [6.07, 6.45) is 1.41. The Morgan fingerprint density at radius 2 is 1.62 bits per heavy atom. The van der Waals surface area contributed by atoms with E-state index in [4.69, 9.17) is 4.74 Å². The highest BCUT2D eigenvalue weighted by Crippen LogP contribution is 2.16. The first kappa shape index (κ1) is 15.3. The van der Waals surface area contributed by atoms with E-state index in [1.165, 1.54) is 5.56 Å². The Labute approximate surface area is 126 Å². The van der Waals surface area contributed by atoms with Crippen molar-refractivity contribution in [2.75, 3.05) is 0 Å². The molecule has 0 aliphatic heterocycles. The lowest BCUT2D eigenvalue weighted by Crippen LogP contribution is -2.07. The fraction of sp³-hybridized carbons (Fsp3) is 0.316. The zero-order chi connectivity index (χ0) is 15.1. The molecule has 0 aliphatic carbocycles. The number of ether oxygens (including phenoxy) is 1. The van der Waals surface area contributed by atoms with Gasteiger partial charge in [-0.15, -0.1) is 0 Å². The number of carbonyl (C=O) groups excluding carboxylic acids is 1. The van der Waals surface area contributed by atoms with E-state index < -0.39 is 0 Å². The third-order valence-electron chi connectivity index (χ3n) is 3.48. The van der Waals surface area contributed by atoms with Gasteiger partial charge in [-0.25, -0.2) is 0 Å². The zero-order valence-corrected chi connectivity index (χ0v) is 12.7. The standard InChI is InChI=1S/C19H22O2/c1-15(2)19(20)13-10-16-8-11-18(12-9-16)21-14-17-6-4-3-5-7-17/h3-9,11-12,15H,10,13-14H2,1-2H3. The molecule has 2 aromatic carbocycles. The first-order valence-corrected chi connectivity index (χ1v) is 7.43. The lowest BCUT2D eigenvalue weighted by Gasteiger charge is -2.08. The molecular formula is C19H22O2. The summed E-state index contributed by atoms with van der Waals surface area (Å²) >= 11 is 0. The minimum Gasteiger partial charge on any atom is -0.489 e. The third kappa shape index (κ3) is 5.07. The summed E-state index contributed by atoms with van der Waals surface area (Å²) in [4.78, 5) is 11.6. The Morgan fingerprint density at radius 3 is 2.24 bits per heavy atom. The van der Waals surface area contributed by atoms with E-state index >= 15 is 0 Å². The molecule has 2 rings (SSSR count). The largest absolute Gasteiger partial charge is 0.489 e. The van der Waals surface area contributed by atoms with E-state index in [0.717, 1.165) is 17.7 Å². The highest BCUT2D eigenvalue weighted by atomic mass is 16.5. The molecule has 0 N–H and O–H groups in total. The lowest BCUT2D eigenvalue weighted by molar-refractivity contribution is -0.121. The van der Waals surface area contributed by atoms with Gasteiger partial charge in [0.1, 0.15) is 18.1 Å². The van der Waals surface area contributed by atoms with Gasteiger partial charge in [-0.3, -0.25) is 4.79 Å². The molecular weight excluding hydrogens is 260 g/mol. The van der Waals surface area contributed by atoms with Gasteiger partial charge in [-0.1, -0.05) is 56.3 Å². The summed E-state index contributed by atoms with van der Waals surface area (Å²) in [5, 5.41) is 0. The molecule has 0 saturated carbocycles. The highest BCUT2D eigenvalue weighted by molar-refractivity contribution is 5.80. The predicted octanol–water partition coefficient (Wildman–Crippen LogP) is 4.42. The molecule has 2 nitrogen and oxygen atoms in total. The average Bonchev–Trinajstić information content (AvgIpc) is 2.52. The van der Waals surface area contributed by atoms with E-state index in [-0.39, 0.29) is 5.92 Å². The lowest BCUT2D eigenvalue weighted by atomic mass is 10.0. The van der Waals surface area contributed by atoms with Crippen LogP contribution in [0.15, 0.2) is 54.6 Å². The van der Waals surface area contributed by atoms with Crippen molar-refractivity contribution < 1.29 is 9.53 Å². The maximum absolute atomic E-state index is 11.6. The number of Topliss-reactive ketones (excluding diaryl/α,β-unsaturated/α-hetero) is 1. The molecule has 21 heavy (non-hydrogen) atoms. The summed E-state index contributed by atoms with van der Waals surface area (Å²) in [6, 6.07) is 18.1. The second-order valence-electron chi connectivity index (χ2n) is 5.54. The van der Waals surface area contributed by atoms with Crippen LogP contribution >= 0.6 is 0 Å². The molecule has 0 amide bonds. The number of aryl methyl sites for hydroxylation is 1. The van der Waals surface area contributed by atoms with Crippen LogP contribution in [0.25, 0.3) is 0 Å². The van der Waals surface area contributed by atoms with Gasteiger partial charge in [-0.2, -0.15) is 0 Å². The Kier molecular flexibility index (Phi) is 5.56. The second-order valence-corrected chi connectivity index (χ2v) is 5.54. The normalized spacial score (nSPS) is 10.6. The number of rotatable bonds is 7. The van der Waals surface area contributed by atoms with Crippen LogP contribution in [0.3, 0.4) is 0 Å². The van der Waals surface area contributed by atoms with Gasteiger partial charge in [-0.05, 0) is 29.7 Å². The first-order chi connectivity index (χ1) is 10.1. The van der Waals surface area contributed by atoms with Crippen molar-refractivity contribution in [1.82, 2.24) is 0 Å². The van der Waals surface area contributed by atoms with Crippen LogP contribution in [-0.4, -0.2) is 5.78 Å². The van der Waals surface area contributed by atoms with Crippen LogP contribution in [0, 0.1) is 5.92 Å². The molecule has 0 radical (unpaired) electrons. The van der Waals surface area contributed by atoms with Crippen molar-refractivity contribution >= 4 is 5.78 Å². The number of benzene rings is 2. The molecule has 0 spiro atoms. The minimum atomic E-state index is 0.124. The molecule has 110 valence electrons. The van der Waals surface area contributed by atoms with Crippen molar-refractivity contribution in [3.05, 3.63) is 65.7 Å². The molecule has 0 fully saturated rings. The summed E-state index contributed by atoms with van der Waals surface area (Å²) in [7, 11) is 0. The summed E-state index contributed by atoms with van der Waals surface area (Å²) in [6.45, 7) is 4.47. The minimum absolute atomic E-state index is 0.124. The van der Waals surface area contributed by atoms with E-state index in [1.54, 1.807) is 0 Å². The molecule has 0 aliphatic rings. The number of carbonyl (C=O) groups is 1. The molecule has 0 saturated heterocycles. The summed E-state index contributed by atoms with van der Waals surface area (Å²) in [5.41, 5.74) is 2.33. The summed E-state index contributed by atoms with van der Waals surface area (Å²) in [5.74, 6) is 1.30.